The summed E-state index contributed by atoms with van der Waals surface area (Å²) in [7, 11) is 0. The maximum atomic E-state index is 12.8. The van der Waals surface area contributed by atoms with Crippen LogP contribution in [0.1, 0.15) is 15.9 Å². The first-order valence-corrected chi connectivity index (χ1v) is 4.24. The first-order chi connectivity index (χ1) is 7.41. The second kappa shape index (κ2) is 3.22. The molecule has 84 valence electrons. The van der Waals surface area contributed by atoms with Crippen LogP contribution < -0.4 is 5.73 Å². The number of H-pyrrole nitrogens is 1. The van der Waals surface area contributed by atoms with E-state index >= 15 is 0 Å². The van der Waals surface area contributed by atoms with Crippen molar-refractivity contribution in [1.29, 1.82) is 0 Å². The Morgan fingerprint density at radius 1 is 1.38 bits per heavy atom. The molecule has 7 heteroatoms. The summed E-state index contributed by atoms with van der Waals surface area (Å²) in [5.41, 5.74) is 3.12. The van der Waals surface area contributed by atoms with Crippen molar-refractivity contribution >= 4 is 16.9 Å². The van der Waals surface area contributed by atoms with Gasteiger partial charge < -0.3 is 10.7 Å². The van der Waals surface area contributed by atoms with Gasteiger partial charge in [-0.15, -0.1) is 0 Å². The molecule has 0 aliphatic heterocycles. The Labute approximate surface area is 87.3 Å². The van der Waals surface area contributed by atoms with Gasteiger partial charge in [0, 0.05) is 0 Å². The Morgan fingerprint density at radius 3 is 2.62 bits per heavy atom. The lowest BCUT2D eigenvalue weighted by atomic mass is 10.0. The van der Waals surface area contributed by atoms with Crippen LogP contribution in [0.4, 0.5) is 13.2 Å². The Morgan fingerprint density at radius 2 is 2.06 bits per heavy atom. The van der Waals surface area contributed by atoms with E-state index in [-0.39, 0.29) is 11.0 Å². The summed E-state index contributed by atoms with van der Waals surface area (Å²) >= 11 is 0. The third-order valence-corrected chi connectivity index (χ3v) is 2.14. The summed E-state index contributed by atoms with van der Waals surface area (Å²) in [6, 6.07) is 2.36. The Bertz CT molecular complexity index is 559. The zero-order chi connectivity index (χ0) is 11.9. The van der Waals surface area contributed by atoms with Crippen molar-refractivity contribution in [3.8, 4) is 0 Å². The van der Waals surface area contributed by atoms with Crippen LogP contribution in [-0.2, 0) is 6.18 Å². The lowest BCUT2D eigenvalue weighted by molar-refractivity contribution is -0.136. The molecule has 16 heavy (non-hydrogen) atoms. The summed E-state index contributed by atoms with van der Waals surface area (Å²) in [5.74, 6) is -1.13. The van der Waals surface area contributed by atoms with Crippen molar-refractivity contribution in [1.82, 2.24) is 9.97 Å². The average molecular weight is 229 g/mol. The summed E-state index contributed by atoms with van der Waals surface area (Å²) in [6.07, 6.45) is -3.54. The van der Waals surface area contributed by atoms with Gasteiger partial charge in [-0.05, 0) is 12.1 Å². The van der Waals surface area contributed by atoms with E-state index in [1.165, 1.54) is 6.07 Å². The van der Waals surface area contributed by atoms with Crippen molar-refractivity contribution in [2.45, 2.75) is 6.18 Å². The first-order valence-electron chi connectivity index (χ1n) is 4.24. The minimum atomic E-state index is -4.67. The minimum Gasteiger partial charge on any atom is -0.366 e. The number of halogens is 3. The Kier molecular flexibility index (Phi) is 2.11. The van der Waals surface area contributed by atoms with E-state index in [0.29, 0.717) is 0 Å². The van der Waals surface area contributed by atoms with E-state index in [1.54, 1.807) is 0 Å². The van der Waals surface area contributed by atoms with Crippen LogP contribution in [0.15, 0.2) is 18.5 Å². The molecule has 1 aromatic heterocycles. The van der Waals surface area contributed by atoms with Crippen LogP contribution in [0.5, 0.6) is 0 Å². The molecule has 0 unspecified atom stereocenters. The smallest absolute Gasteiger partial charge is 0.366 e. The highest BCUT2D eigenvalue weighted by atomic mass is 19.4. The third-order valence-electron chi connectivity index (χ3n) is 2.14. The van der Waals surface area contributed by atoms with E-state index in [1.807, 2.05) is 0 Å². The number of hydrogen-bond acceptors (Lipinski definition) is 2. The van der Waals surface area contributed by atoms with E-state index in [4.69, 9.17) is 5.73 Å². The number of carbonyl (C=O) groups excluding carboxylic acids is 1. The number of nitrogens with one attached hydrogen (secondary N) is 1. The predicted octanol–water partition coefficient (Wildman–Crippen LogP) is 1.68. The van der Waals surface area contributed by atoms with Gasteiger partial charge in [0.05, 0.1) is 23.0 Å². The van der Waals surface area contributed by atoms with Gasteiger partial charge in [0.1, 0.15) is 5.52 Å². The fourth-order valence-electron chi connectivity index (χ4n) is 1.50. The van der Waals surface area contributed by atoms with Crippen molar-refractivity contribution in [3.63, 3.8) is 0 Å². The number of benzene rings is 1. The molecule has 1 amide bonds. The molecule has 2 rings (SSSR count). The van der Waals surface area contributed by atoms with Gasteiger partial charge in [-0.2, -0.15) is 13.2 Å². The second-order valence-electron chi connectivity index (χ2n) is 3.15. The highest BCUT2D eigenvalue weighted by molar-refractivity contribution is 5.99. The van der Waals surface area contributed by atoms with Crippen LogP contribution in [0.3, 0.4) is 0 Å². The standard InChI is InChI=1S/C9H6F3N3O/c10-9(11,12)6-4(8(13)16)1-2-5-7(6)15-3-14-5/h1-3H,(H2,13,16)(H,14,15). The van der Waals surface area contributed by atoms with E-state index in [0.717, 1.165) is 12.4 Å². The molecule has 4 nitrogen and oxygen atoms in total. The minimum absolute atomic E-state index is 0.206. The number of rotatable bonds is 1. The molecule has 0 saturated heterocycles. The summed E-state index contributed by atoms with van der Waals surface area (Å²) < 4.78 is 38.3. The monoisotopic (exact) mass is 229 g/mol. The zero-order valence-electron chi connectivity index (χ0n) is 7.80. The maximum absolute atomic E-state index is 12.8. The molecule has 1 heterocycles. The van der Waals surface area contributed by atoms with Crippen LogP contribution in [-0.4, -0.2) is 15.9 Å². The maximum Gasteiger partial charge on any atom is 0.419 e. The number of nitrogens with zero attached hydrogens (tertiary/aromatic N) is 1. The van der Waals surface area contributed by atoms with Crippen LogP contribution in [0.25, 0.3) is 11.0 Å². The molecule has 0 radical (unpaired) electrons. The summed E-state index contributed by atoms with van der Waals surface area (Å²) in [6.45, 7) is 0. The molecule has 0 aliphatic rings. The van der Waals surface area contributed by atoms with Gasteiger partial charge in [0.15, 0.2) is 0 Å². The quantitative estimate of drug-likeness (QED) is 0.780. The molecule has 0 fully saturated rings. The summed E-state index contributed by atoms with van der Waals surface area (Å²) in [5, 5.41) is 0. The number of amides is 1. The number of carbonyl (C=O) groups is 1. The highest BCUT2D eigenvalue weighted by Crippen LogP contribution is 2.36. The molecule has 2 aromatic rings. The summed E-state index contributed by atoms with van der Waals surface area (Å²) in [4.78, 5) is 17.0. The fourth-order valence-corrected chi connectivity index (χ4v) is 1.50. The molecular weight excluding hydrogens is 223 g/mol. The fraction of sp³-hybridized carbons (Fsp3) is 0.111. The lowest BCUT2D eigenvalue weighted by Crippen LogP contribution is -2.19. The number of imidazole rings is 1. The number of primary amides is 1. The molecule has 0 atom stereocenters. The van der Waals surface area contributed by atoms with Gasteiger partial charge in [0.25, 0.3) is 0 Å². The molecule has 1 aromatic carbocycles. The van der Waals surface area contributed by atoms with Crippen molar-refractivity contribution in [3.05, 3.63) is 29.6 Å². The normalized spacial score (nSPS) is 11.9. The molecule has 0 spiro atoms. The first kappa shape index (κ1) is 10.5. The Balaban J connectivity index is 2.86. The van der Waals surface area contributed by atoms with Gasteiger partial charge in [-0.3, -0.25) is 4.79 Å². The van der Waals surface area contributed by atoms with Gasteiger partial charge in [-0.25, -0.2) is 4.98 Å². The van der Waals surface area contributed by atoms with Crippen LogP contribution in [0.2, 0.25) is 0 Å². The number of hydrogen-bond donors (Lipinski definition) is 2. The number of aromatic amines is 1. The SMILES string of the molecule is NC(=O)c1ccc2[nH]cnc2c1C(F)(F)F. The number of fused-ring (bicyclic) bond motifs is 1. The molecular formula is C9H6F3N3O. The predicted molar refractivity (Wildman–Crippen MR) is 49.6 cm³/mol. The van der Waals surface area contributed by atoms with E-state index < -0.39 is 23.2 Å². The van der Waals surface area contributed by atoms with Crippen molar-refractivity contribution in [2.75, 3.05) is 0 Å². The van der Waals surface area contributed by atoms with Gasteiger partial charge in [0.2, 0.25) is 5.91 Å². The van der Waals surface area contributed by atoms with Gasteiger partial charge in [-0.1, -0.05) is 0 Å². The molecule has 3 N–H and O–H groups in total. The van der Waals surface area contributed by atoms with Crippen LogP contribution in [0, 0.1) is 0 Å². The lowest BCUT2D eigenvalue weighted by Gasteiger charge is -2.10. The van der Waals surface area contributed by atoms with Crippen LogP contribution >= 0.6 is 0 Å². The topological polar surface area (TPSA) is 71.8 Å². The van der Waals surface area contributed by atoms with Gasteiger partial charge >= 0.3 is 6.18 Å². The second-order valence-corrected chi connectivity index (χ2v) is 3.15. The van der Waals surface area contributed by atoms with Crippen molar-refractivity contribution < 1.29 is 18.0 Å². The average Bonchev–Trinajstić information content (AvgIpc) is 2.61. The largest absolute Gasteiger partial charge is 0.419 e. The number of aromatic nitrogens is 2. The highest BCUT2D eigenvalue weighted by Gasteiger charge is 2.37. The van der Waals surface area contributed by atoms with E-state index in [9.17, 15) is 18.0 Å². The number of alkyl halides is 3. The zero-order valence-corrected chi connectivity index (χ0v) is 7.80. The van der Waals surface area contributed by atoms with Crippen molar-refractivity contribution in [2.24, 2.45) is 5.73 Å². The van der Waals surface area contributed by atoms with E-state index in [2.05, 4.69) is 9.97 Å². The molecule has 0 bridgehead atoms. The molecule has 0 aliphatic carbocycles. The third kappa shape index (κ3) is 1.50. The number of nitrogens with two attached hydrogens (primary N) is 1. The Hall–Kier alpha value is -2.05. The molecule has 0 saturated carbocycles.